The lowest BCUT2D eigenvalue weighted by Crippen LogP contribution is -2.10. The van der Waals surface area contributed by atoms with Crippen molar-refractivity contribution in [2.45, 2.75) is 0 Å². The van der Waals surface area contributed by atoms with E-state index in [4.69, 9.17) is 18.0 Å². The van der Waals surface area contributed by atoms with Crippen LogP contribution in [0.4, 0.5) is 0 Å². The molecule has 3 aromatic rings. The van der Waals surface area contributed by atoms with E-state index < -0.39 is 0 Å². The lowest BCUT2D eigenvalue weighted by molar-refractivity contribution is 0.823. The van der Waals surface area contributed by atoms with Crippen molar-refractivity contribution in [3.05, 3.63) is 52.5 Å². The first-order valence-electron chi connectivity index (χ1n) is 5.57. The number of fused-ring (bicyclic) bond motifs is 1. The van der Waals surface area contributed by atoms with E-state index in [-0.39, 0.29) is 0 Å². The fourth-order valence-corrected chi connectivity index (χ4v) is 2.78. The summed E-state index contributed by atoms with van der Waals surface area (Å²) in [5.41, 5.74) is 9.17. The van der Waals surface area contributed by atoms with E-state index in [0.717, 1.165) is 26.8 Å². The second-order valence-corrected chi connectivity index (χ2v) is 5.31. The second kappa shape index (κ2) is 4.71. The molecule has 0 aliphatic rings. The van der Waals surface area contributed by atoms with Crippen LogP contribution < -0.4 is 5.73 Å². The normalized spacial score (nSPS) is 10.8. The fourth-order valence-electron chi connectivity index (χ4n) is 1.90. The van der Waals surface area contributed by atoms with Crippen molar-refractivity contribution in [1.29, 1.82) is 0 Å². The van der Waals surface area contributed by atoms with Crippen LogP contribution in [0.2, 0.25) is 0 Å². The first-order chi connectivity index (χ1) is 9.16. The Labute approximate surface area is 123 Å². The number of aromatic nitrogens is 3. The first-order valence-corrected chi connectivity index (χ1v) is 6.77. The minimum atomic E-state index is 0.363. The molecule has 0 spiro atoms. The lowest BCUT2D eigenvalue weighted by Gasteiger charge is -2.06. The van der Waals surface area contributed by atoms with Gasteiger partial charge in [-0.2, -0.15) is 0 Å². The molecule has 4 nitrogen and oxygen atoms in total. The minimum absolute atomic E-state index is 0.363. The molecule has 0 amide bonds. The third-order valence-corrected chi connectivity index (χ3v) is 3.69. The summed E-state index contributed by atoms with van der Waals surface area (Å²) >= 11 is 8.45. The van der Waals surface area contributed by atoms with Crippen LogP contribution in [0.15, 0.2) is 46.9 Å². The van der Waals surface area contributed by atoms with Gasteiger partial charge >= 0.3 is 0 Å². The Hall–Kier alpha value is -1.79. The van der Waals surface area contributed by atoms with Crippen molar-refractivity contribution >= 4 is 44.2 Å². The number of halogens is 1. The highest BCUT2D eigenvalue weighted by Crippen LogP contribution is 2.22. The van der Waals surface area contributed by atoms with Crippen LogP contribution in [-0.2, 0) is 0 Å². The highest BCUT2D eigenvalue weighted by atomic mass is 79.9. The number of rotatable bonds is 2. The second-order valence-electron chi connectivity index (χ2n) is 4.02. The van der Waals surface area contributed by atoms with Crippen molar-refractivity contribution < 1.29 is 0 Å². The summed E-state index contributed by atoms with van der Waals surface area (Å²) in [6.45, 7) is 0. The van der Waals surface area contributed by atoms with Gasteiger partial charge < -0.3 is 5.73 Å². The van der Waals surface area contributed by atoms with E-state index in [9.17, 15) is 0 Å². The highest BCUT2D eigenvalue weighted by Gasteiger charge is 2.09. The minimum Gasteiger partial charge on any atom is -0.389 e. The maximum Gasteiger partial charge on any atom is 0.113 e. The molecule has 0 aliphatic carbocycles. The van der Waals surface area contributed by atoms with Crippen molar-refractivity contribution in [3.63, 3.8) is 0 Å². The predicted octanol–water partition coefficient (Wildman–Crippen LogP) is 2.82. The highest BCUT2D eigenvalue weighted by molar-refractivity contribution is 9.10. The van der Waals surface area contributed by atoms with E-state index in [1.165, 1.54) is 0 Å². The molecule has 19 heavy (non-hydrogen) atoms. The van der Waals surface area contributed by atoms with E-state index in [1.807, 2.05) is 42.5 Å². The number of hydrogen-bond donors (Lipinski definition) is 1. The molecule has 1 heterocycles. The van der Waals surface area contributed by atoms with E-state index in [2.05, 4.69) is 26.2 Å². The number of nitrogens with zero attached hydrogens (tertiary/aromatic N) is 3. The molecule has 0 saturated carbocycles. The maximum atomic E-state index is 5.64. The Bertz CT molecular complexity index is 781. The number of thiocarbonyl (C=S) groups is 1. The van der Waals surface area contributed by atoms with Crippen LogP contribution in [0.5, 0.6) is 0 Å². The Morgan fingerprint density at radius 3 is 2.74 bits per heavy atom. The Kier molecular flexibility index (Phi) is 3.04. The van der Waals surface area contributed by atoms with Gasteiger partial charge in [0.2, 0.25) is 0 Å². The average Bonchev–Trinajstić information content (AvgIpc) is 2.82. The molecular weight excluding hydrogens is 324 g/mol. The summed E-state index contributed by atoms with van der Waals surface area (Å²) in [6, 6.07) is 13.5. The standard InChI is InChI=1S/C13H9BrN4S/c14-10-7-8(5-6-9(10)13(15)19)18-12-4-2-1-3-11(12)16-17-18/h1-7H,(H2,15,19). The number of benzene rings is 2. The van der Waals surface area contributed by atoms with Gasteiger partial charge in [-0.15, -0.1) is 5.10 Å². The quantitative estimate of drug-likeness (QED) is 0.733. The molecule has 0 unspecified atom stereocenters. The van der Waals surface area contributed by atoms with Gasteiger partial charge in [-0.3, -0.25) is 0 Å². The molecule has 0 aliphatic heterocycles. The van der Waals surface area contributed by atoms with Crippen LogP contribution in [0.1, 0.15) is 5.56 Å². The summed E-state index contributed by atoms with van der Waals surface area (Å²) in [4.78, 5) is 0.363. The van der Waals surface area contributed by atoms with Crippen LogP contribution in [0.3, 0.4) is 0 Å². The number of hydrogen-bond acceptors (Lipinski definition) is 3. The van der Waals surface area contributed by atoms with Crippen molar-refractivity contribution in [2.24, 2.45) is 5.73 Å². The Balaban J connectivity index is 2.17. The molecule has 0 bridgehead atoms. The maximum absolute atomic E-state index is 5.64. The fraction of sp³-hybridized carbons (Fsp3) is 0. The molecule has 3 rings (SSSR count). The third kappa shape index (κ3) is 2.13. The molecule has 6 heteroatoms. The van der Waals surface area contributed by atoms with Gasteiger partial charge in [0.1, 0.15) is 10.5 Å². The topological polar surface area (TPSA) is 56.7 Å². The molecule has 1 aromatic heterocycles. The SMILES string of the molecule is NC(=S)c1ccc(-n2nnc3ccccc32)cc1Br. The molecule has 2 N–H and O–H groups in total. The smallest absolute Gasteiger partial charge is 0.113 e. The van der Waals surface area contributed by atoms with Crippen molar-refractivity contribution in [1.82, 2.24) is 15.0 Å². The molecular formula is C13H9BrN4S. The van der Waals surface area contributed by atoms with Gasteiger partial charge in [-0.25, -0.2) is 4.68 Å². The van der Waals surface area contributed by atoms with E-state index in [0.29, 0.717) is 4.99 Å². The predicted molar refractivity (Wildman–Crippen MR) is 82.5 cm³/mol. The van der Waals surface area contributed by atoms with Gasteiger partial charge in [0.25, 0.3) is 0 Å². The monoisotopic (exact) mass is 332 g/mol. The molecule has 0 radical (unpaired) electrons. The molecule has 0 atom stereocenters. The van der Waals surface area contributed by atoms with Gasteiger partial charge in [-0.05, 0) is 46.3 Å². The zero-order valence-corrected chi connectivity index (χ0v) is 12.1. The van der Waals surface area contributed by atoms with Crippen LogP contribution in [0.25, 0.3) is 16.7 Å². The molecule has 0 fully saturated rings. The average molecular weight is 333 g/mol. The van der Waals surface area contributed by atoms with Gasteiger partial charge in [0.15, 0.2) is 0 Å². The van der Waals surface area contributed by atoms with Crippen LogP contribution >= 0.6 is 28.1 Å². The molecule has 0 saturated heterocycles. The van der Waals surface area contributed by atoms with Gasteiger partial charge in [0.05, 0.1) is 11.2 Å². The van der Waals surface area contributed by atoms with E-state index in [1.54, 1.807) is 4.68 Å². The summed E-state index contributed by atoms with van der Waals surface area (Å²) in [7, 11) is 0. The molecule has 2 aromatic carbocycles. The Morgan fingerprint density at radius 1 is 1.21 bits per heavy atom. The zero-order valence-electron chi connectivity index (χ0n) is 9.75. The van der Waals surface area contributed by atoms with Crippen LogP contribution in [-0.4, -0.2) is 20.0 Å². The lowest BCUT2D eigenvalue weighted by atomic mass is 10.2. The summed E-state index contributed by atoms with van der Waals surface area (Å²) in [5, 5.41) is 8.29. The number of para-hydroxylation sites is 1. The van der Waals surface area contributed by atoms with Gasteiger partial charge in [0, 0.05) is 10.0 Å². The van der Waals surface area contributed by atoms with Crippen molar-refractivity contribution in [3.8, 4) is 5.69 Å². The molecule has 94 valence electrons. The summed E-state index contributed by atoms with van der Waals surface area (Å²) in [6.07, 6.45) is 0. The third-order valence-electron chi connectivity index (χ3n) is 2.81. The van der Waals surface area contributed by atoms with E-state index >= 15 is 0 Å². The van der Waals surface area contributed by atoms with Crippen molar-refractivity contribution in [2.75, 3.05) is 0 Å². The first kappa shape index (κ1) is 12.3. The number of nitrogens with two attached hydrogens (primary N) is 1. The largest absolute Gasteiger partial charge is 0.389 e. The van der Waals surface area contributed by atoms with Crippen LogP contribution in [0, 0.1) is 0 Å². The van der Waals surface area contributed by atoms with Gasteiger partial charge in [-0.1, -0.05) is 29.6 Å². The zero-order chi connectivity index (χ0) is 13.4. The summed E-state index contributed by atoms with van der Waals surface area (Å²) in [5.74, 6) is 0. The summed E-state index contributed by atoms with van der Waals surface area (Å²) < 4.78 is 2.63. The Morgan fingerprint density at radius 2 is 2.00 bits per heavy atom.